The predicted octanol–water partition coefficient (Wildman–Crippen LogP) is 2.57. The lowest BCUT2D eigenvalue weighted by molar-refractivity contribution is 0.0610. The van der Waals surface area contributed by atoms with E-state index >= 15 is 0 Å². The van der Waals surface area contributed by atoms with Crippen LogP contribution in [0.2, 0.25) is 5.02 Å². The molecule has 1 aliphatic rings. The summed E-state index contributed by atoms with van der Waals surface area (Å²) in [6.07, 6.45) is 0.817. The van der Waals surface area contributed by atoms with Crippen molar-refractivity contribution >= 4 is 22.5 Å². The summed E-state index contributed by atoms with van der Waals surface area (Å²) in [5.74, 6) is 0.851. The standard InChI is InChI=1S/C21H21ClN2O4/c1-21(2,27)12-24-17-10-15(22)4-5-16(17)19(25)23(20(24)26)11-13-3-6-18-14(9-13)7-8-28-18/h3-6,9-10,27H,7-8,11-12H2,1-2H3. The van der Waals surface area contributed by atoms with E-state index < -0.39 is 11.3 Å². The van der Waals surface area contributed by atoms with Crippen LogP contribution < -0.4 is 16.0 Å². The van der Waals surface area contributed by atoms with E-state index in [1.165, 1.54) is 9.13 Å². The molecule has 1 aromatic heterocycles. The number of benzene rings is 2. The smallest absolute Gasteiger partial charge is 0.331 e. The van der Waals surface area contributed by atoms with Crippen LogP contribution in [0.15, 0.2) is 46.0 Å². The molecule has 0 fully saturated rings. The Morgan fingerprint density at radius 2 is 1.93 bits per heavy atom. The summed E-state index contributed by atoms with van der Waals surface area (Å²) in [6, 6.07) is 10.5. The summed E-state index contributed by atoms with van der Waals surface area (Å²) >= 11 is 6.09. The zero-order valence-corrected chi connectivity index (χ0v) is 16.5. The van der Waals surface area contributed by atoms with Crippen LogP contribution in [0.25, 0.3) is 10.9 Å². The average Bonchev–Trinajstić information content (AvgIpc) is 3.09. The van der Waals surface area contributed by atoms with E-state index in [9.17, 15) is 14.7 Å². The first-order chi connectivity index (χ1) is 13.2. The van der Waals surface area contributed by atoms with Gasteiger partial charge in [-0.15, -0.1) is 0 Å². The van der Waals surface area contributed by atoms with Crippen LogP contribution in [0.5, 0.6) is 5.75 Å². The number of halogens is 1. The summed E-state index contributed by atoms with van der Waals surface area (Å²) in [5, 5.41) is 11.1. The number of ether oxygens (including phenoxy) is 1. The summed E-state index contributed by atoms with van der Waals surface area (Å²) < 4.78 is 8.14. The van der Waals surface area contributed by atoms with Crippen molar-refractivity contribution in [3.05, 3.63) is 73.4 Å². The highest BCUT2D eigenvalue weighted by Gasteiger charge is 2.20. The largest absolute Gasteiger partial charge is 0.493 e. The van der Waals surface area contributed by atoms with Crippen LogP contribution in [-0.4, -0.2) is 26.4 Å². The summed E-state index contributed by atoms with van der Waals surface area (Å²) in [5.41, 5.74) is 0.371. The maximum atomic E-state index is 13.2. The molecule has 0 saturated heterocycles. The third-order valence-electron chi connectivity index (χ3n) is 4.83. The maximum absolute atomic E-state index is 13.2. The minimum absolute atomic E-state index is 0.0426. The van der Waals surface area contributed by atoms with Gasteiger partial charge in [-0.2, -0.15) is 0 Å². The van der Waals surface area contributed by atoms with Gasteiger partial charge in [-0.05, 0) is 49.2 Å². The van der Waals surface area contributed by atoms with Crippen molar-refractivity contribution in [1.29, 1.82) is 0 Å². The first-order valence-corrected chi connectivity index (χ1v) is 9.51. The molecule has 0 atom stereocenters. The molecule has 0 amide bonds. The van der Waals surface area contributed by atoms with Crippen molar-refractivity contribution in [1.82, 2.24) is 9.13 Å². The van der Waals surface area contributed by atoms with Gasteiger partial charge < -0.3 is 9.84 Å². The summed E-state index contributed by atoms with van der Waals surface area (Å²) in [7, 11) is 0. The molecule has 0 bridgehead atoms. The number of fused-ring (bicyclic) bond motifs is 2. The Kier molecular flexibility index (Phi) is 4.56. The van der Waals surface area contributed by atoms with E-state index in [4.69, 9.17) is 16.3 Å². The molecule has 1 N–H and O–H groups in total. The molecule has 0 saturated carbocycles. The normalized spacial score (nSPS) is 13.6. The van der Waals surface area contributed by atoms with Gasteiger partial charge in [-0.1, -0.05) is 23.7 Å². The number of nitrogens with zero attached hydrogens (tertiary/aromatic N) is 2. The Morgan fingerprint density at radius 3 is 2.68 bits per heavy atom. The van der Waals surface area contributed by atoms with E-state index in [2.05, 4.69) is 0 Å². The van der Waals surface area contributed by atoms with Gasteiger partial charge in [-0.3, -0.25) is 13.9 Å². The quantitative estimate of drug-likeness (QED) is 0.730. The fraction of sp³-hybridized carbons (Fsp3) is 0.333. The van der Waals surface area contributed by atoms with Crippen molar-refractivity contribution in [2.75, 3.05) is 6.61 Å². The molecule has 146 valence electrons. The second kappa shape index (κ2) is 6.79. The van der Waals surface area contributed by atoms with E-state index in [-0.39, 0.29) is 18.6 Å². The predicted molar refractivity (Wildman–Crippen MR) is 109 cm³/mol. The number of aromatic nitrogens is 2. The lowest BCUT2D eigenvalue weighted by atomic mass is 10.1. The number of rotatable bonds is 4. The zero-order valence-electron chi connectivity index (χ0n) is 15.7. The zero-order chi connectivity index (χ0) is 20.1. The van der Waals surface area contributed by atoms with Crippen LogP contribution in [0.3, 0.4) is 0 Å². The minimum atomic E-state index is -1.13. The molecule has 4 rings (SSSR count). The van der Waals surface area contributed by atoms with Gasteiger partial charge in [0.2, 0.25) is 0 Å². The highest BCUT2D eigenvalue weighted by molar-refractivity contribution is 6.31. The van der Waals surface area contributed by atoms with Crippen LogP contribution in [0.4, 0.5) is 0 Å². The molecular formula is C21H21ClN2O4. The molecular weight excluding hydrogens is 380 g/mol. The molecule has 2 aromatic carbocycles. The van der Waals surface area contributed by atoms with Gasteiger partial charge in [0.25, 0.3) is 5.56 Å². The van der Waals surface area contributed by atoms with Crippen molar-refractivity contribution in [3.63, 3.8) is 0 Å². The van der Waals surface area contributed by atoms with Gasteiger partial charge in [0.05, 0.1) is 36.2 Å². The first-order valence-electron chi connectivity index (χ1n) is 9.13. The minimum Gasteiger partial charge on any atom is -0.493 e. The lowest BCUT2D eigenvalue weighted by Gasteiger charge is -2.21. The SMILES string of the molecule is CC(C)(O)Cn1c(=O)n(Cc2ccc3c(c2)CCO3)c(=O)c2ccc(Cl)cc21. The van der Waals surface area contributed by atoms with Crippen molar-refractivity contribution < 1.29 is 9.84 Å². The molecule has 3 aromatic rings. The number of hydrogen-bond acceptors (Lipinski definition) is 4. The van der Waals surface area contributed by atoms with Gasteiger partial charge in [0.1, 0.15) is 5.75 Å². The summed E-state index contributed by atoms with van der Waals surface area (Å²) in [6.45, 7) is 4.07. The monoisotopic (exact) mass is 400 g/mol. The molecule has 1 aliphatic heterocycles. The molecule has 0 aliphatic carbocycles. The van der Waals surface area contributed by atoms with E-state index in [1.807, 2.05) is 18.2 Å². The van der Waals surface area contributed by atoms with E-state index in [0.717, 1.165) is 23.3 Å². The van der Waals surface area contributed by atoms with Crippen molar-refractivity contribution in [3.8, 4) is 5.75 Å². The van der Waals surface area contributed by atoms with Gasteiger partial charge in [0, 0.05) is 11.4 Å². The number of hydrogen-bond donors (Lipinski definition) is 1. The molecule has 0 unspecified atom stereocenters. The molecule has 6 nitrogen and oxygen atoms in total. The fourth-order valence-corrected chi connectivity index (χ4v) is 3.76. The van der Waals surface area contributed by atoms with Crippen LogP contribution >= 0.6 is 11.6 Å². The second-order valence-electron chi connectivity index (χ2n) is 7.77. The van der Waals surface area contributed by atoms with Gasteiger partial charge in [-0.25, -0.2) is 4.79 Å². The molecule has 2 heterocycles. The Hall–Kier alpha value is -2.57. The highest BCUT2D eigenvalue weighted by atomic mass is 35.5. The Morgan fingerprint density at radius 1 is 1.14 bits per heavy atom. The van der Waals surface area contributed by atoms with E-state index in [0.29, 0.717) is 22.5 Å². The third kappa shape index (κ3) is 3.45. The van der Waals surface area contributed by atoms with Crippen LogP contribution in [0, 0.1) is 0 Å². The average molecular weight is 401 g/mol. The third-order valence-corrected chi connectivity index (χ3v) is 5.06. The van der Waals surface area contributed by atoms with E-state index in [1.54, 1.807) is 32.0 Å². The van der Waals surface area contributed by atoms with Crippen molar-refractivity contribution in [2.45, 2.75) is 39.0 Å². The molecule has 7 heteroatoms. The topological polar surface area (TPSA) is 73.5 Å². The highest BCUT2D eigenvalue weighted by Crippen LogP contribution is 2.26. The number of aliphatic hydroxyl groups is 1. The Labute approximate surface area is 166 Å². The first kappa shape index (κ1) is 18.8. The lowest BCUT2D eigenvalue weighted by Crippen LogP contribution is -2.43. The van der Waals surface area contributed by atoms with Crippen LogP contribution in [-0.2, 0) is 19.5 Å². The molecule has 28 heavy (non-hydrogen) atoms. The van der Waals surface area contributed by atoms with Crippen LogP contribution in [0.1, 0.15) is 25.0 Å². The second-order valence-corrected chi connectivity index (χ2v) is 8.21. The fourth-order valence-electron chi connectivity index (χ4n) is 3.59. The van der Waals surface area contributed by atoms with Crippen molar-refractivity contribution in [2.24, 2.45) is 0 Å². The van der Waals surface area contributed by atoms with Gasteiger partial charge in [0.15, 0.2) is 0 Å². The molecule has 0 spiro atoms. The Bertz CT molecular complexity index is 1190. The Balaban J connectivity index is 1.90. The van der Waals surface area contributed by atoms with Gasteiger partial charge >= 0.3 is 5.69 Å². The molecule has 0 radical (unpaired) electrons. The maximum Gasteiger partial charge on any atom is 0.331 e. The summed E-state index contributed by atoms with van der Waals surface area (Å²) in [4.78, 5) is 26.2.